The van der Waals surface area contributed by atoms with E-state index in [0.29, 0.717) is 12.3 Å². The lowest BCUT2D eigenvalue weighted by Crippen LogP contribution is -2.44. The molecule has 0 unspecified atom stereocenters. The maximum atomic E-state index is 13.1. The lowest BCUT2D eigenvalue weighted by molar-refractivity contribution is -0.130. The van der Waals surface area contributed by atoms with E-state index in [1.807, 2.05) is 12.1 Å². The summed E-state index contributed by atoms with van der Waals surface area (Å²) in [6.45, 7) is 4.41. The molecule has 1 aliphatic heterocycles. The van der Waals surface area contributed by atoms with Gasteiger partial charge in [0.15, 0.2) is 0 Å². The van der Waals surface area contributed by atoms with E-state index in [4.69, 9.17) is 4.42 Å². The van der Waals surface area contributed by atoms with E-state index >= 15 is 0 Å². The first-order valence-corrected chi connectivity index (χ1v) is 10.5. The molecule has 1 aromatic rings. The second-order valence-electron chi connectivity index (χ2n) is 8.72. The van der Waals surface area contributed by atoms with Gasteiger partial charge in [-0.05, 0) is 49.1 Å². The van der Waals surface area contributed by atoms with Gasteiger partial charge in [0, 0.05) is 17.3 Å². The van der Waals surface area contributed by atoms with Crippen LogP contribution in [0.4, 0.5) is 0 Å². The van der Waals surface area contributed by atoms with Gasteiger partial charge in [0.05, 0.1) is 18.1 Å². The average molecular weight is 349 g/mol. The Morgan fingerprint density at radius 2 is 2.12 bits per heavy atom. The summed E-state index contributed by atoms with van der Waals surface area (Å²) in [5.41, 5.74) is -0.231. The van der Waals surface area contributed by atoms with Crippen LogP contribution in [0, 0.1) is 22.7 Å². The molecule has 4 aliphatic rings. The van der Waals surface area contributed by atoms with Crippen LogP contribution in [-0.4, -0.2) is 30.4 Å². The van der Waals surface area contributed by atoms with Crippen LogP contribution in [0.2, 0.25) is 0 Å². The third-order valence-corrected chi connectivity index (χ3v) is 9.56. The van der Waals surface area contributed by atoms with E-state index in [1.165, 1.54) is 4.31 Å². The van der Waals surface area contributed by atoms with Gasteiger partial charge in [0.2, 0.25) is 15.9 Å². The van der Waals surface area contributed by atoms with Crippen molar-refractivity contribution in [3.05, 3.63) is 24.2 Å². The van der Waals surface area contributed by atoms with E-state index in [1.54, 1.807) is 6.26 Å². The van der Waals surface area contributed by atoms with Crippen LogP contribution in [-0.2, 0) is 14.8 Å². The molecule has 1 spiro atoms. The fourth-order valence-corrected chi connectivity index (χ4v) is 8.61. The fraction of sp³-hybridized carbons (Fsp3) is 0.722. The molecule has 0 aromatic carbocycles. The summed E-state index contributed by atoms with van der Waals surface area (Å²) < 4.78 is 32.5. The summed E-state index contributed by atoms with van der Waals surface area (Å²) in [7, 11) is -3.50. The minimum Gasteiger partial charge on any atom is -0.469 e. The highest BCUT2D eigenvalue weighted by Crippen LogP contribution is 2.70. The number of hydrogen-bond acceptors (Lipinski definition) is 4. The highest BCUT2D eigenvalue weighted by molar-refractivity contribution is 7.90. The van der Waals surface area contributed by atoms with Crippen molar-refractivity contribution in [1.29, 1.82) is 0 Å². The average Bonchev–Trinajstić information content (AvgIpc) is 2.83. The van der Waals surface area contributed by atoms with Gasteiger partial charge < -0.3 is 4.42 Å². The van der Waals surface area contributed by atoms with Crippen molar-refractivity contribution in [2.75, 3.05) is 5.75 Å². The number of carbonyl (C=O) groups excluding carboxylic acids is 1. The quantitative estimate of drug-likeness (QED) is 0.823. The molecule has 5 nitrogen and oxygen atoms in total. The fourth-order valence-electron chi connectivity index (χ4n) is 6.03. The molecule has 5 rings (SSSR count). The van der Waals surface area contributed by atoms with Crippen LogP contribution >= 0.6 is 0 Å². The van der Waals surface area contributed by atoms with E-state index in [0.717, 1.165) is 25.0 Å². The minimum absolute atomic E-state index is 0.00370. The van der Waals surface area contributed by atoms with E-state index < -0.39 is 10.0 Å². The van der Waals surface area contributed by atoms with Gasteiger partial charge >= 0.3 is 0 Å². The van der Waals surface area contributed by atoms with Crippen molar-refractivity contribution in [2.24, 2.45) is 22.7 Å². The van der Waals surface area contributed by atoms with Gasteiger partial charge in [-0.25, -0.2) is 12.7 Å². The summed E-state index contributed by atoms with van der Waals surface area (Å²) in [5, 5.41) is 0. The van der Waals surface area contributed by atoms with Crippen molar-refractivity contribution in [2.45, 2.75) is 51.5 Å². The summed E-state index contributed by atoms with van der Waals surface area (Å²) >= 11 is 0. The molecule has 1 aromatic heterocycles. The highest BCUT2D eigenvalue weighted by Gasteiger charge is 2.73. The van der Waals surface area contributed by atoms with Crippen molar-refractivity contribution in [3.8, 4) is 0 Å². The Hall–Kier alpha value is -1.30. The van der Waals surface area contributed by atoms with Crippen molar-refractivity contribution >= 4 is 15.9 Å². The Kier molecular flexibility index (Phi) is 2.66. The predicted molar refractivity (Wildman–Crippen MR) is 87.5 cm³/mol. The van der Waals surface area contributed by atoms with E-state index in [2.05, 4.69) is 13.8 Å². The summed E-state index contributed by atoms with van der Waals surface area (Å²) in [4.78, 5) is 13.1. The molecule has 24 heavy (non-hydrogen) atoms. The van der Waals surface area contributed by atoms with E-state index in [9.17, 15) is 13.2 Å². The van der Waals surface area contributed by atoms with Gasteiger partial charge in [0.1, 0.15) is 5.76 Å². The Morgan fingerprint density at radius 3 is 2.79 bits per heavy atom. The Bertz CT molecular complexity index is 812. The standard InChI is InChI=1S/C18H23NO4S/c1-17(2)11-5-6-18(17)10-24(21,22)19(15(18)8-11)16(20)13-9-12(13)14-4-3-7-23-14/h3-4,7,11-13,15H,5-6,8-10H2,1-2H3/t11-,12+,13+,15-,18-/m1/s1. The van der Waals surface area contributed by atoms with Crippen LogP contribution in [0.5, 0.6) is 0 Å². The third kappa shape index (κ3) is 1.61. The second kappa shape index (κ2) is 4.26. The maximum absolute atomic E-state index is 13.1. The zero-order valence-electron chi connectivity index (χ0n) is 14.1. The number of amides is 1. The molecule has 1 amide bonds. The maximum Gasteiger partial charge on any atom is 0.240 e. The summed E-state index contributed by atoms with van der Waals surface area (Å²) in [6.07, 6.45) is 5.18. The van der Waals surface area contributed by atoms with Gasteiger partial charge in [-0.1, -0.05) is 13.8 Å². The molecule has 4 fully saturated rings. The van der Waals surface area contributed by atoms with Crippen LogP contribution < -0.4 is 0 Å². The number of sulfonamides is 1. The number of hydrogen-bond donors (Lipinski definition) is 0. The first kappa shape index (κ1) is 15.0. The van der Waals surface area contributed by atoms with E-state index in [-0.39, 0.29) is 40.4 Å². The number of nitrogens with zero attached hydrogens (tertiary/aromatic N) is 1. The molecule has 130 valence electrons. The number of fused-ring (bicyclic) bond motifs is 1. The van der Waals surface area contributed by atoms with Crippen molar-refractivity contribution in [3.63, 3.8) is 0 Å². The zero-order valence-corrected chi connectivity index (χ0v) is 14.9. The molecular weight excluding hydrogens is 326 g/mol. The Balaban J connectivity index is 1.48. The van der Waals surface area contributed by atoms with Crippen LogP contribution in [0.15, 0.2) is 22.8 Å². The van der Waals surface area contributed by atoms with Crippen LogP contribution in [0.3, 0.4) is 0 Å². The topological polar surface area (TPSA) is 67.6 Å². The molecule has 0 N–H and O–H groups in total. The summed E-state index contributed by atoms with van der Waals surface area (Å²) in [5.74, 6) is 1.11. The number of furan rings is 1. The Morgan fingerprint density at radius 1 is 1.33 bits per heavy atom. The first-order valence-electron chi connectivity index (χ1n) is 8.87. The van der Waals surface area contributed by atoms with Gasteiger partial charge in [-0.3, -0.25) is 4.79 Å². The minimum atomic E-state index is -3.50. The van der Waals surface area contributed by atoms with Gasteiger partial charge in [0.25, 0.3) is 0 Å². The molecule has 2 bridgehead atoms. The summed E-state index contributed by atoms with van der Waals surface area (Å²) in [6, 6.07) is 3.56. The van der Waals surface area contributed by atoms with Crippen molar-refractivity contribution < 1.29 is 17.6 Å². The second-order valence-corrected chi connectivity index (χ2v) is 10.6. The molecule has 6 heteroatoms. The highest BCUT2D eigenvalue weighted by atomic mass is 32.2. The molecule has 2 heterocycles. The molecular formula is C18H23NO4S. The predicted octanol–water partition coefficient (Wildman–Crippen LogP) is 2.75. The van der Waals surface area contributed by atoms with Crippen molar-refractivity contribution in [1.82, 2.24) is 4.31 Å². The molecule has 3 saturated carbocycles. The lowest BCUT2D eigenvalue weighted by Gasteiger charge is -2.37. The van der Waals surface area contributed by atoms with Crippen LogP contribution in [0.25, 0.3) is 0 Å². The van der Waals surface area contributed by atoms with Gasteiger partial charge in [-0.15, -0.1) is 0 Å². The first-order chi connectivity index (χ1) is 11.3. The molecule has 3 aliphatic carbocycles. The number of rotatable bonds is 2. The zero-order chi connectivity index (χ0) is 16.9. The van der Waals surface area contributed by atoms with Crippen LogP contribution in [0.1, 0.15) is 51.2 Å². The SMILES string of the molecule is CC1(C)[C@@H]2CC[C@]13CS(=O)(=O)N(C(=O)[C@H]1C[C@@H]1c1ccco1)[C@@H]3C2. The largest absolute Gasteiger partial charge is 0.469 e. The molecule has 0 radical (unpaired) electrons. The lowest BCUT2D eigenvalue weighted by atomic mass is 9.69. The third-order valence-electron chi connectivity index (χ3n) is 7.64. The Labute approximate surface area is 142 Å². The number of carbonyl (C=O) groups is 1. The monoisotopic (exact) mass is 349 g/mol. The van der Waals surface area contributed by atoms with Gasteiger partial charge in [-0.2, -0.15) is 0 Å². The normalized spacial score (nSPS) is 43.8. The smallest absolute Gasteiger partial charge is 0.240 e. The molecule has 5 atom stereocenters. The molecule has 1 saturated heterocycles.